The Morgan fingerprint density at radius 2 is 1.91 bits per heavy atom. The van der Waals surface area contributed by atoms with Crippen LogP contribution in [0.25, 0.3) is 11.0 Å². The van der Waals surface area contributed by atoms with Crippen molar-refractivity contribution in [1.29, 1.82) is 0 Å². The molecule has 1 aromatic heterocycles. The Morgan fingerprint density at radius 1 is 1.18 bits per heavy atom. The van der Waals surface area contributed by atoms with E-state index in [2.05, 4.69) is 53.1 Å². The molecular weight excluding hydrogens is 573 g/mol. The number of likely N-dealkylation sites (tertiary alicyclic amines) is 1. The number of anilines is 1. The molecule has 0 spiro atoms. The molecule has 3 aromatic rings. The van der Waals surface area contributed by atoms with E-state index in [0.717, 1.165) is 13.1 Å². The Balaban J connectivity index is 1.69. The number of imidazole rings is 1. The molecule has 1 fully saturated rings. The summed E-state index contributed by atoms with van der Waals surface area (Å²) in [4.78, 5) is 31.4. The first-order valence-electron chi connectivity index (χ1n) is 14.4. The van der Waals surface area contributed by atoms with E-state index in [4.69, 9.17) is 10.5 Å². The number of rotatable bonds is 7. The number of nitrogens with two attached hydrogens (primary N) is 1. The van der Waals surface area contributed by atoms with E-state index < -0.39 is 18.6 Å². The zero-order chi connectivity index (χ0) is 32.4. The number of carbonyl (C=O) groups excluding carboxylic acids is 2. The van der Waals surface area contributed by atoms with E-state index in [9.17, 15) is 22.8 Å². The van der Waals surface area contributed by atoms with Gasteiger partial charge in [-0.2, -0.15) is 13.2 Å². The molecule has 2 amide bonds. The highest BCUT2D eigenvalue weighted by Gasteiger charge is 2.38. The monoisotopic (exact) mass is 612 g/mol. The summed E-state index contributed by atoms with van der Waals surface area (Å²) in [5, 5.41) is 5.66. The highest BCUT2D eigenvalue weighted by Crippen LogP contribution is 2.38. The lowest BCUT2D eigenvalue weighted by molar-refractivity contribution is -0.140. The van der Waals surface area contributed by atoms with Crippen molar-refractivity contribution in [2.45, 2.75) is 58.3 Å². The van der Waals surface area contributed by atoms with Gasteiger partial charge in [-0.3, -0.25) is 14.5 Å². The number of nitrogens with one attached hydrogen (secondary N) is 2. The van der Waals surface area contributed by atoms with Gasteiger partial charge in [0.15, 0.2) is 0 Å². The number of ether oxygens (including phenoxy) is 1. The fourth-order valence-corrected chi connectivity index (χ4v) is 5.68. The molecule has 0 saturated carbocycles. The van der Waals surface area contributed by atoms with E-state index in [1.54, 1.807) is 18.2 Å². The first-order chi connectivity index (χ1) is 20.6. The Hall–Kier alpha value is -4.24. The third kappa shape index (κ3) is 7.27. The summed E-state index contributed by atoms with van der Waals surface area (Å²) < 4.78 is 48.3. The molecule has 12 heteroatoms. The smallest absolute Gasteiger partial charge is 0.406 e. The lowest BCUT2D eigenvalue weighted by atomic mass is 9.84. The number of halogens is 3. The average Bonchev–Trinajstić information content (AvgIpc) is 3.29. The van der Waals surface area contributed by atoms with E-state index >= 15 is 0 Å². The van der Waals surface area contributed by atoms with Gasteiger partial charge >= 0.3 is 6.18 Å². The SMILES string of the molecule is CNC(=O)c1ccc(NCC#Cc2cc(C(N)=O)c3nc(C4CCN(C(C)(C)C)CC4C)n(CC(F)(F)F)c3c2)c(OC)c1. The van der Waals surface area contributed by atoms with Crippen LogP contribution in [0.5, 0.6) is 5.75 Å². The maximum atomic E-state index is 13.9. The second kappa shape index (κ2) is 12.8. The Kier molecular flexibility index (Phi) is 9.49. The highest BCUT2D eigenvalue weighted by molar-refractivity contribution is 6.05. The van der Waals surface area contributed by atoms with Gasteiger partial charge in [-0.25, -0.2) is 4.98 Å². The standard InChI is InChI=1S/C32H39F3N6O3/c1-19-17-40(31(2,3)4)13-11-22(19)29-39-27-23(28(36)42)14-20(15-25(27)41(29)18-32(33,34)35)8-7-12-38-24-10-9-21(30(43)37-5)16-26(24)44-6/h9-10,14-16,19,22,38H,11-13,17-18H2,1-6H3,(H2,36,42)(H,37,43). The van der Waals surface area contributed by atoms with Gasteiger partial charge in [-0.15, -0.1) is 0 Å². The van der Waals surface area contributed by atoms with Crippen molar-refractivity contribution >= 4 is 28.5 Å². The van der Waals surface area contributed by atoms with Gasteiger partial charge in [0, 0.05) is 36.2 Å². The van der Waals surface area contributed by atoms with Gasteiger partial charge in [0.2, 0.25) is 0 Å². The summed E-state index contributed by atoms with van der Waals surface area (Å²) in [5.74, 6) is 5.38. The third-order valence-corrected chi connectivity index (χ3v) is 7.96. The molecule has 2 atom stereocenters. The molecule has 9 nitrogen and oxygen atoms in total. The highest BCUT2D eigenvalue weighted by atomic mass is 19.4. The van der Waals surface area contributed by atoms with Crippen molar-refractivity contribution in [2.75, 3.05) is 39.1 Å². The van der Waals surface area contributed by atoms with Crippen LogP contribution in [0.1, 0.15) is 72.1 Å². The number of piperidine rings is 1. The number of nitrogens with zero attached hydrogens (tertiary/aromatic N) is 3. The normalized spacial score (nSPS) is 17.6. The van der Waals surface area contributed by atoms with Crippen molar-refractivity contribution in [3.05, 3.63) is 52.8 Å². The van der Waals surface area contributed by atoms with Crippen LogP contribution >= 0.6 is 0 Å². The number of aromatic nitrogens is 2. The minimum Gasteiger partial charge on any atom is -0.495 e. The van der Waals surface area contributed by atoms with Crippen LogP contribution in [0.3, 0.4) is 0 Å². The molecule has 0 bridgehead atoms. The van der Waals surface area contributed by atoms with Gasteiger partial charge in [0.1, 0.15) is 23.6 Å². The van der Waals surface area contributed by atoms with E-state index in [1.807, 2.05) is 6.92 Å². The van der Waals surface area contributed by atoms with Gasteiger partial charge in [0.25, 0.3) is 11.8 Å². The fourth-order valence-electron chi connectivity index (χ4n) is 5.68. The zero-order valence-electron chi connectivity index (χ0n) is 25.9. The number of hydrogen-bond acceptors (Lipinski definition) is 6. The molecule has 0 radical (unpaired) electrons. The van der Waals surface area contributed by atoms with Crippen molar-refractivity contribution in [3.8, 4) is 17.6 Å². The quantitative estimate of drug-likeness (QED) is 0.332. The number of carbonyl (C=O) groups is 2. The predicted octanol–water partition coefficient (Wildman–Crippen LogP) is 4.75. The number of fused-ring (bicyclic) bond motifs is 1. The molecule has 236 valence electrons. The molecule has 1 saturated heterocycles. The van der Waals surface area contributed by atoms with Crippen LogP contribution in [0.4, 0.5) is 18.9 Å². The van der Waals surface area contributed by atoms with Crippen molar-refractivity contribution in [2.24, 2.45) is 11.7 Å². The predicted molar refractivity (Wildman–Crippen MR) is 164 cm³/mol. The lowest BCUT2D eigenvalue weighted by Gasteiger charge is -2.44. The second-order valence-corrected chi connectivity index (χ2v) is 12.1. The first kappa shape index (κ1) is 32.7. The number of primary amides is 1. The molecule has 2 aromatic carbocycles. The van der Waals surface area contributed by atoms with Crippen molar-refractivity contribution in [1.82, 2.24) is 19.8 Å². The topological polar surface area (TPSA) is 115 Å². The molecule has 1 aliphatic rings. The maximum Gasteiger partial charge on any atom is 0.406 e. The molecule has 0 aliphatic carbocycles. The van der Waals surface area contributed by atoms with Gasteiger partial charge in [-0.05, 0) is 70.0 Å². The first-order valence-corrected chi connectivity index (χ1v) is 14.4. The zero-order valence-corrected chi connectivity index (χ0v) is 25.9. The maximum absolute atomic E-state index is 13.9. The molecule has 4 rings (SSSR count). The van der Waals surface area contributed by atoms with Crippen LogP contribution in [0, 0.1) is 17.8 Å². The van der Waals surface area contributed by atoms with Crippen LogP contribution in [-0.2, 0) is 6.54 Å². The number of benzene rings is 2. The average molecular weight is 613 g/mol. The van der Waals surface area contributed by atoms with Crippen LogP contribution in [0.2, 0.25) is 0 Å². The number of hydrogen-bond donors (Lipinski definition) is 3. The summed E-state index contributed by atoms with van der Waals surface area (Å²) in [6, 6.07) is 7.92. The lowest BCUT2D eigenvalue weighted by Crippen LogP contribution is -2.49. The summed E-state index contributed by atoms with van der Waals surface area (Å²) in [6.45, 7) is 8.74. The number of amides is 2. The summed E-state index contributed by atoms with van der Waals surface area (Å²) in [5.41, 5.74) is 7.33. The fraction of sp³-hybridized carbons (Fsp3) is 0.469. The van der Waals surface area contributed by atoms with Crippen molar-refractivity contribution in [3.63, 3.8) is 0 Å². The third-order valence-electron chi connectivity index (χ3n) is 7.96. The Bertz CT molecular complexity index is 1610. The van der Waals surface area contributed by atoms with Crippen LogP contribution < -0.4 is 21.1 Å². The van der Waals surface area contributed by atoms with Gasteiger partial charge < -0.3 is 25.7 Å². The van der Waals surface area contributed by atoms with E-state index in [-0.39, 0.29) is 46.4 Å². The Labute approximate surface area is 255 Å². The molecular formula is C32H39F3N6O3. The summed E-state index contributed by atoms with van der Waals surface area (Å²) >= 11 is 0. The summed E-state index contributed by atoms with van der Waals surface area (Å²) in [6.07, 6.45) is -3.87. The molecule has 4 N–H and O–H groups in total. The van der Waals surface area contributed by atoms with Gasteiger partial charge in [-0.1, -0.05) is 18.8 Å². The Morgan fingerprint density at radius 3 is 2.50 bits per heavy atom. The minimum absolute atomic E-state index is 0.0215. The number of methoxy groups -OCH3 is 1. The molecule has 44 heavy (non-hydrogen) atoms. The second-order valence-electron chi connectivity index (χ2n) is 12.1. The summed E-state index contributed by atoms with van der Waals surface area (Å²) in [7, 11) is 3.01. The number of alkyl halides is 3. The van der Waals surface area contributed by atoms with Crippen molar-refractivity contribution < 1.29 is 27.5 Å². The molecule has 2 heterocycles. The minimum atomic E-state index is -4.51. The van der Waals surface area contributed by atoms with Gasteiger partial charge in [0.05, 0.1) is 30.4 Å². The molecule has 2 unspecified atom stereocenters. The van der Waals surface area contributed by atoms with Crippen LogP contribution in [0.15, 0.2) is 30.3 Å². The largest absolute Gasteiger partial charge is 0.495 e. The van der Waals surface area contributed by atoms with E-state index in [0.29, 0.717) is 34.8 Å². The van der Waals surface area contributed by atoms with E-state index in [1.165, 1.54) is 30.9 Å². The van der Waals surface area contributed by atoms with Crippen LogP contribution in [-0.4, -0.2) is 71.8 Å². The molecule has 1 aliphatic heterocycles.